The Labute approximate surface area is 105 Å². The Morgan fingerprint density at radius 3 is 1.94 bits per heavy atom. The first-order chi connectivity index (χ1) is 7.61. The van der Waals surface area contributed by atoms with Gasteiger partial charge in [0.2, 0.25) is 11.8 Å². The summed E-state index contributed by atoms with van der Waals surface area (Å²) < 4.78 is 0. The van der Waals surface area contributed by atoms with Gasteiger partial charge in [0, 0.05) is 12.1 Å². The van der Waals surface area contributed by atoms with Gasteiger partial charge in [-0.25, -0.2) is 0 Å². The number of carbonyl (C=O) groups excluding carboxylic acids is 2. The van der Waals surface area contributed by atoms with Crippen LogP contribution in [0.25, 0.3) is 0 Å². The number of nitrogens with one attached hydrogen (secondary N) is 2. The van der Waals surface area contributed by atoms with Crippen LogP contribution in [0.5, 0.6) is 0 Å². The summed E-state index contributed by atoms with van der Waals surface area (Å²) in [6.07, 6.45) is 1.96. The van der Waals surface area contributed by atoms with E-state index in [1.165, 1.54) is 0 Å². The molecule has 0 atom stereocenters. The van der Waals surface area contributed by atoms with E-state index in [9.17, 15) is 9.59 Å². The van der Waals surface area contributed by atoms with Crippen LogP contribution >= 0.6 is 0 Å². The molecule has 4 heteroatoms. The largest absolute Gasteiger partial charge is 0.355 e. The fourth-order valence-corrected chi connectivity index (χ4v) is 1.20. The fourth-order valence-electron chi connectivity index (χ4n) is 1.20. The summed E-state index contributed by atoms with van der Waals surface area (Å²) in [5.41, 5.74) is -1.35. The molecule has 0 unspecified atom stereocenters. The molecule has 0 radical (unpaired) electrons. The van der Waals surface area contributed by atoms with Gasteiger partial charge < -0.3 is 10.6 Å². The Morgan fingerprint density at radius 2 is 1.53 bits per heavy atom. The molecule has 0 saturated heterocycles. The molecule has 0 saturated carbocycles. The van der Waals surface area contributed by atoms with E-state index < -0.39 is 5.41 Å². The standard InChI is InChI=1S/C13H26N2O2/c1-7-8-9-14-10(16)13(5,6)11(17)15-12(2,3)4/h7-9H2,1-6H3,(H,14,16)(H,15,17). The van der Waals surface area contributed by atoms with Crippen molar-refractivity contribution in [2.24, 2.45) is 5.41 Å². The summed E-state index contributed by atoms with van der Waals surface area (Å²) in [5, 5.41) is 5.62. The Balaban J connectivity index is 4.44. The third-order valence-electron chi connectivity index (χ3n) is 2.44. The van der Waals surface area contributed by atoms with Crippen molar-refractivity contribution < 1.29 is 9.59 Å². The van der Waals surface area contributed by atoms with Gasteiger partial charge in [0.1, 0.15) is 5.41 Å². The van der Waals surface area contributed by atoms with E-state index >= 15 is 0 Å². The third kappa shape index (κ3) is 5.71. The van der Waals surface area contributed by atoms with Crippen molar-refractivity contribution in [1.29, 1.82) is 0 Å². The van der Waals surface area contributed by atoms with E-state index in [1.54, 1.807) is 13.8 Å². The second-order valence-electron chi connectivity index (χ2n) is 5.94. The summed E-state index contributed by atoms with van der Waals surface area (Å²) in [6, 6.07) is 0. The van der Waals surface area contributed by atoms with Gasteiger partial charge in [-0.15, -0.1) is 0 Å². The maximum atomic E-state index is 12.0. The molecule has 0 aliphatic rings. The second kappa shape index (κ2) is 6.03. The lowest BCUT2D eigenvalue weighted by Gasteiger charge is -2.28. The monoisotopic (exact) mass is 242 g/mol. The number of hydrogen-bond donors (Lipinski definition) is 2. The van der Waals surface area contributed by atoms with E-state index in [0.29, 0.717) is 6.54 Å². The molecule has 4 nitrogen and oxygen atoms in total. The summed E-state index contributed by atoms with van der Waals surface area (Å²) >= 11 is 0. The second-order valence-corrected chi connectivity index (χ2v) is 5.94. The molecule has 0 heterocycles. The van der Waals surface area contributed by atoms with Gasteiger partial charge in [-0.2, -0.15) is 0 Å². The zero-order chi connectivity index (χ0) is 13.7. The zero-order valence-electron chi connectivity index (χ0n) is 11.9. The molecule has 100 valence electrons. The van der Waals surface area contributed by atoms with Crippen molar-refractivity contribution in [2.45, 2.75) is 59.9 Å². The number of carbonyl (C=O) groups is 2. The lowest BCUT2D eigenvalue weighted by molar-refractivity contribution is -0.142. The normalized spacial score (nSPS) is 12.1. The first kappa shape index (κ1) is 15.9. The van der Waals surface area contributed by atoms with Crippen molar-refractivity contribution in [3.8, 4) is 0 Å². The van der Waals surface area contributed by atoms with Gasteiger partial charge in [-0.05, 0) is 41.0 Å². The van der Waals surface area contributed by atoms with Gasteiger partial charge >= 0.3 is 0 Å². The Kier molecular flexibility index (Phi) is 5.66. The van der Waals surface area contributed by atoms with Crippen LogP contribution in [0.3, 0.4) is 0 Å². The van der Waals surface area contributed by atoms with Crippen LogP contribution in [0.15, 0.2) is 0 Å². The highest BCUT2D eigenvalue weighted by Crippen LogP contribution is 2.17. The average Bonchev–Trinajstić information content (AvgIpc) is 2.15. The minimum Gasteiger partial charge on any atom is -0.355 e. The number of rotatable bonds is 5. The highest BCUT2D eigenvalue weighted by atomic mass is 16.2. The molecule has 2 N–H and O–H groups in total. The van der Waals surface area contributed by atoms with Crippen LogP contribution in [0.2, 0.25) is 0 Å². The van der Waals surface area contributed by atoms with Crippen LogP contribution in [0.4, 0.5) is 0 Å². The Morgan fingerprint density at radius 1 is 1.00 bits per heavy atom. The summed E-state index contributed by atoms with van der Waals surface area (Å²) in [6.45, 7) is 11.7. The molecule has 0 aromatic rings. The lowest BCUT2D eigenvalue weighted by atomic mass is 9.89. The molecule has 0 aromatic carbocycles. The predicted octanol–water partition coefficient (Wildman–Crippen LogP) is 1.84. The molecule has 2 amide bonds. The number of unbranched alkanes of at least 4 members (excludes halogenated alkanes) is 1. The SMILES string of the molecule is CCCCNC(=O)C(C)(C)C(=O)NC(C)(C)C. The first-order valence-electron chi connectivity index (χ1n) is 6.22. The van der Waals surface area contributed by atoms with Crippen molar-refractivity contribution in [3.05, 3.63) is 0 Å². The maximum Gasteiger partial charge on any atom is 0.235 e. The summed E-state index contributed by atoms with van der Waals surface area (Å²) in [4.78, 5) is 23.9. The molecule has 0 aromatic heterocycles. The van der Waals surface area contributed by atoms with Crippen molar-refractivity contribution in [2.75, 3.05) is 6.54 Å². The van der Waals surface area contributed by atoms with Gasteiger partial charge in [0.15, 0.2) is 0 Å². The van der Waals surface area contributed by atoms with E-state index in [4.69, 9.17) is 0 Å². The van der Waals surface area contributed by atoms with Crippen LogP contribution in [0, 0.1) is 5.41 Å². The number of hydrogen-bond acceptors (Lipinski definition) is 2. The average molecular weight is 242 g/mol. The molecule has 0 aliphatic heterocycles. The maximum absolute atomic E-state index is 12.0. The quantitative estimate of drug-likeness (QED) is 0.571. The first-order valence-corrected chi connectivity index (χ1v) is 6.22. The minimum absolute atomic E-state index is 0.215. The summed E-state index contributed by atoms with van der Waals surface area (Å²) in [7, 11) is 0. The molecule has 0 aliphatic carbocycles. The van der Waals surface area contributed by atoms with E-state index in [1.807, 2.05) is 20.8 Å². The van der Waals surface area contributed by atoms with E-state index in [2.05, 4.69) is 17.6 Å². The topological polar surface area (TPSA) is 58.2 Å². The molecular formula is C13H26N2O2. The molecule has 17 heavy (non-hydrogen) atoms. The Bertz CT molecular complexity index is 278. The van der Waals surface area contributed by atoms with E-state index in [0.717, 1.165) is 12.8 Å². The van der Waals surface area contributed by atoms with Gasteiger partial charge in [-0.1, -0.05) is 13.3 Å². The van der Waals surface area contributed by atoms with Gasteiger partial charge in [-0.3, -0.25) is 9.59 Å². The molecule has 0 bridgehead atoms. The minimum atomic E-state index is -1.03. The van der Waals surface area contributed by atoms with Crippen LogP contribution < -0.4 is 10.6 Å². The smallest absolute Gasteiger partial charge is 0.235 e. The highest BCUT2D eigenvalue weighted by molar-refractivity contribution is 6.04. The Hall–Kier alpha value is -1.06. The lowest BCUT2D eigenvalue weighted by Crippen LogP contribution is -2.52. The molecule has 0 rings (SSSR count). The van der Waals surface area contributed by atoms with Crippen molar-refractivity contribution in [1.82, 2.24) is 10.6 Å². The van der Waals surface area contributed by atoms with Gasteiger partial charge in [0.25, 0.3) is 0 Å². The van der Waals surface area contributed by atoms with Crippen LogP contribution in [-0.4, -0.2) is 23.9 Å². The third-order valence-corrected chi connectivity index (χ3v) is 2.44. The van der Waals surface area contributed by atoms with Crippen LogP contribution in [0.1, 0.15) is 54.4 Å². The van der Waals surface area contributed by atoms with Crippen molar-refractivity contribution in [3.63, 3.8) is 0 Å². The highest BCUT2D eigenvalue weighted by Gasteiger charge is 2.37. The van der Waals surface area contributed by atoms with E-state index in [-0.39, 0.29) is 17.4 Å². The number of amides is 2. The molecular weight excluding hydrogens is 216 g/mol. The molecule has 0 fully saturated rings. The van der Waals surface area contributed by atoms with Crippen molar-refractivity contribution >= 4 is 11.8 Å². The van der Waals surface area contributed by atoms with Crippen LogP contribution in [-0.2, 0) is 9.59 Å². The summed E-state index contributed by atoms with van der Waals surface area (Å²) in [5.74, 6) is -0.452. The molecule has 0 spiro atoms. The zero-order valence-corrected chi connectivity index (χ0v) is 11.9. The predicted molar refractivity (Wildman–Crippen MR) is 69.6 cm³/mol. The van der Waals surface area contributed by atoms with Gasteiger partial charge in [0.05, 0.1) is 0 Å². The fraction of sp³-hybridized carbons (Fsp3) is 0.846.